The van der Waals surface area contributed by atoms with Crippen molar-refractivity contribution in [1.29, 1.82) is 0 Å². The van der Waals surface area contributed by atoms with Gasteiger partial charge in [0.25, 0.3) is 0 Å². The normalized spacial score (nSPS) is 13.0. The number of hydrogen-bond donors (Lipinski definition) is 0. The molecule has 3 heteroatoms. The van der Waals surface area contributed by atoms with Crippen LogP contribution >= 0.6 is 17.5 Å². The van der Waals surface area contributed by atoms with Gasteiger partial charge in [-0.25, -0.2) is 0 Å². The third kappa shape index (κ3) is 8.52. The first kappa shape index (κ1) is 28.2. The van der Waals surface area contributed by atoms with Crippen LogP contribution in [-0.2, 0) is 23.6 Å². The van der Waals surface area contributed by atoms with E-state index in [0.29, 0.717) is 15.5 Å². The molecule has 0 spiro atoms. The van der Waals surface area contributed by atoms with E-state index >= 15 is 0 Å². The molecule has 0 saturated heterocycles. The molecule has 164 valence electrons. The third-order valence-corrected chi connectivity index (χ3v) is 8.53. The monoisotopic (exact) mass is 514 g/mol. The molecule has 0 fully saturated rings. The molecule has 0 amide bonds. The van der Waals surface area contributed by atoms with Crippen molar-refractivity contribution in [3.63, 3.8) is 0 Å². The molecule has 2 aromatic carbocycles. The summed E-state index contributed by atoms with van der Waals surface area (Å²) in [6, 6.07) is 13.0. The molecule has 0 nitrogen and oxygen atoms in total. The molecule has 28 heavy (non-hydrogen) atoms. The summed E-state index contributed by atoms with van der Waals surface area (Å²) in [6.45, 7) is 28.2. The summed E-state index contributed by atoms with van der Waals surface area (Å²) in [6.07, 6.45) is 0. The van der Waals surface area contributed by atoms with E-state index in [-0.39, 0.29) is 13.3 Å². The van der Waals surface area contributed by atoms with Gasteiger partial charge in [-0.1, -0.05) is 96.4 Å². The Bertz CT molecular complexity index is 670. The van der Waals surface area contributed by atoms with Crippen LogP contribution in [0.2, 0.25) is 0 Å². The van der Waals surface area contributed by atoms with Crippen LogP contribution in [0.25, 0.3) is 10.8 Å². The van der Waals surface area contributed by atoms with Gasteiger partial charge in [0.15, 0.2) is 0 Å². The van der Waals surface area contributed by atoms with E-state index in [0.717, 1.165) is 0 Å². The molecule has 0 radical (unpaired) electrons. The van der Waals surface area contributed by atoms with Crippen LogP contribution in [0.5, 0.6) is 0 Å². The molecule has 0 aliphatic heterocycles. The van der Waals surface area contributed by atoms with Gasteiger partial charge in [-0.15, -0.1) is 47.3 Å². The summed E-state index contributed by atoms with van der Waals surface area (Å²) in [5.74, 6) is 0. The molecule has 0 unspecified atom stereocenters. The zero-order chi connectivity index (χ0) is 22.6. The second-order valence-electron chi connectivity index (χ2n) is 11.4. The summed E-state index contributed by atoms with van der Waals surface area (Å²) in [5.41, 5.74) is 1.70. The first-order chi connectivity index (χ1) is 12.5. The topological polar surface area (TPSA) is 0 Å². The average Bonchev–Trinajstić information content (AvgIpc) is 2.88. The Morgan fingerprint density at radius 3 is 1.43 bits per heavy atom. The molecule has 0 N–H and O–H groups in total. The first-order valence-corrected chi connectivity index (χ1v) is 13.4. The van der Waals surface area contributed by atoms with Gasteiger partial charge in [-0.05, 0) is 20.9 Å². The average molecular weight is 515 g/mol. The van der Waals surface area contributed by atoms with E-state index < -0.39 is 0 Å². The van der Waals surface area contributed by atoms with E-state index in [2.05, 4.69) is 147 Å². The van der Waals surface area contributed by atoms with Gasteiger partial charge in [-0.2, -0.15) is 0 Å². The van der Waals surface area contributed by atoms with Gasteiger partial charge >= 0.3 is 27.7 Å². The van der Waals surface area contributed by atoms with E-state index in [1.54, 1.807) is 0 Å². The molecule has 2 rings (SSSR count). The maximum atomic E-state index is 4.49. The summed E-state index contributed by atoms with van der Waals surface area (Å²) >= 11 is 2.22. The molecule has 0 aromatic heterocycles. The quantitative estimate of drug-likeness (QED) is 0.186. The van der Waals surface area contributed by atoms with Gasteiger partial charge in [0.1, 0.15) is 0 Å². The van der Waals surface area contributed by atoms with E-state index in [4.69, 9.17) is 0 Å². The molecule has 0 aliphatic carbocycles. The standard InChI is InChI=1S/C13H15.C12H27P.ClH.Pd/c1-13(2,3)12-9-8-10-6-4-5-7-11(10)12;1-10(2,3)13(11(4,5)6)12(7,8)9;;/h4-9H,1-3H3;1-9H3;1H;/q-1;;;+2/p-1. The maximum absolute atomic E-state index is 4.49. The number of fused-ring (bicyclic) bond motifs is 1. The molecular formula is C25H42ClPPd. The summed E-state index contributed by atoms with van der Waals surface area (Å²) in [7, 11) is 4.51. The number of halogens is 1. The molecular weight excluding hydrogens is 473 g/mol. The fourth-order valence-electron chi connectivity index (χ4n) is 4.82. The zero-order valence-corrected chi connectivity index (χ0v) is 23.3. The van der Waals surface area contributed by atoms with Crippen molar-refractivity contribution in [1.82, 2.24) is 0 Å². The second kappa shape index (κ2) is 10.5. The molecule has 0 saturated carbocycles. The number of benzene rings is 1. The minimum atomic E-state index is 0.0162. The van der Waals surface area contributed by atoms with Crippen molar-refractivity contribution in [3.8, 4) is 0 Å². The van der Waals surface area contributed by atoms with E-state index in [1.807, 2.05) is 0 Å². The van der Waals surface area contributed by atoms with Gasteiger partial charge in [-0.3, -0.25) is 0 Å². The van der Waals surface area contributed by atoms with E-state index in [1.165, 1.54) is 16.3 Å². The van der Waals surface area contributed by atoms with Crippen molar-refractivity contribution in [2.24, 2.45) is 0 Å². The molecule has 0 atom stereocenters. The predicted molar refractivity (Wildman–Crippen MR) is 130 cm³/mol. The van der Waals surface area contributed by atoms with Crippen molar-refractivity contribution < 1.29 is 18.2 Å². The van der Waals surface area contributed by atoms with Crippen LogP contribution in [-0.4, -0.2) is 15.5 Å². The van der Waals surface area contributed by atoms with Crippen LogP contribution < -0.4 is 0 Å². The van der Waals surface area contributed by atoms with Crippen LogP contribution in [0.15, 0.2) is 36.4 Å². The summed E-state index contributed by atoms with van der Waals surface area (Å²) in [4.78, 5) is 0. The van der Waals surface area contributed by atoms with Crippen molar-refractivity contribution in [2.45, 2.75) is 104 Å². The first-order valence-electron chi connectivity index (χ1n) is 10.0. The van der Waals surface area contributed by atoms with Gasteiger partial charge in [0.2, 0.25) is 0 Å². The number of rotatable bonds is 0. The van der Waals surface area contributed by atoms with Crippen LogP contribution in [0.3, 0.4) is 0 Å². The Morgan fingerprint density at radius 1 is 0.679 bits per heavy atom. The predicted octanol–water partition coefficient (Wildman–Crippen LogP) is 9.41. The Hall–Kier alpha value is 0.212. The van der Waals surface area contributed by atoms with Crippen molar-refractivity contribution in [3.05, 3.63) is 42.0 Å². The summed E-state index contributed by atoms with van der Waals surface area (Å²) < 4.78 is 0. The SMILES string of the molecule is CC(C)(C)P(C(C)(C)C)C(C)(C)C.CC(C)(C)c1cc[c-]2ccccc12.[Cl][Pd+]. The molecule has 2 aromatic rings. The van der Waals surface area contributed by atoms with Gasteiger partial charge in [0, 0.05) is 0 Å². The van der Waals surface area contributed by atoms with Crippen LogP contribution in [0, 0.1) is 0 Å². The molecule has 0 heterocycles. The van der Waals surface area contributed by atoms with Gasteiger partial charge in [0.05, 0.1) is 0 Å². The fraction of sp³-hybridized carbons (Fsp3) is 0.640. The zero-order valence-electron chi connectivity index (χ0n) is 20.1. The Balaban J connectivity index is 0.000000478. The molecule has 0 bridgehead atoms. The second-order valence-corrected chi connectivity index (χ2v) is 16.1. The number of hydrogen-bond acceptors (Lipinski definition) is 0. The van der Waals surface area contributed by atoms with Crippen molar-refractivity contribution >= 4 is 28.2 Å². The van der Waals surface area contributed by atoms with Crippen molar-refractivity contribution in [2.75, 3.05) is 0 Å². The Labute approximate surface area is 191 Å². The summed E-state index contributed by atoms with van der Waals surface area (Å²) in [5, 5.41) is 4.10. The fourth-order valence-corrected chi connectivity index (χ4v) is 10.9. The van der Waals surface area contributed by atoms with Gasteiger partial charge < -0.3 is 0 Å². The third-order valence-electron chi connectivity index (χ3n) is 4.50. The molecule has 0 aliphatic rings. The van der Waals surface area contributed by atoms with Crippen LogP contribution in [0.4, 0.5) is 0 Å². The minimum absolute atomic E-state index is 0.0162. The Morgan fingerprint density at radius 2 is 1.11 bits per heavy atom. The van der Waals surface area contributed by atoms with E-state index in [9.17, 15) is 0 Å². The Kier molecular flexibility index (Phi) is 10.6. The van der Waals surface area contributed by atoms with Crippen LogP contribution in [0.1, 0.15) is 88.6 Å².